The number of aliphatic imine (C=N–C) groups is 1. The summed E-state index contributed by atoms with van der Waals surface area (Å²) in [5, 5.41) is 0. The van der Waals surface area contributed by atoms with Gasteiger partial charge in [-0.15, -0.1) is 0 Å². The van der Waals surface area contributed by atoms with E-state index in [1.165, 1.54) is 0 Å². The molecule has 0 saturated carbocycles. The number of rotatable bonds is 2. The zero-order valence-corrected chi connectivity index (χ0v) is 10.7. The molecule has 0 fully saturated rings. The Morgan fingerprint density at radius 3 is 2.06 bits per heavy atom. The van der Waals surface area contributed by atoms with Gasteiger partial charge in [-0.1, -0.05) is 39.0 Å². The molecule has 2 nitrogen and oxygen atoms in total. The van der Waals surface area contributed by atoms with Crippen LogP contribution in [0.1, 0.15) is 31.9 Å². The van der Waals surface area contributed by atoms with E-state index in [1.807, 2.05) is 52.8 Å². The van der Waals surface area contributed by atoms with Crippen LogP contribution in [0.2, 0.25) is 0 Å². The lowest BCUT2D eigenvalue weighted by Gasteiger charge is -2.17. The van der Waals surface area contributed by atoms with Crippen LogP contribution >= 0.6 is 0 Å². The van der Waals surface area contributed by atoms with E-state index in [9.17, 15) is 4.79 Å². The first-order chi connectivity index (χ1) is 7.36. The fourth-order valence-electron chi connectivity index (χ4n) is 1.47. The quantitative estimate of drug-likeness (QED) is 0.549. The Bertz CT molecular complexity index is 405. The molecule has 0 saturated heterocycles. The SMILES string of the molecule is Cc1cccc(C)c1N=C(C=O)C(C)(C)C. The monoisotopic (exact) mass is 217 g/mol. The molecule has 86 valence electrons. The number of hydrogen-bond acceptors (Lipinski definition) is 2. The summed E-state index contributed by atoms with van der Waals surface area (Å²) in [4.78, 5) is 15.5. The van der Waals surface area contributed by atoms with E-state index in [2.05, 4.69) is 4.99 Å². The van der Waals surface area contributed by atoms with Gasteiger partial charge in [0.2, 0.25) is 0 Å². The highest BCUT2D eigenvalue weighted by molar-refractivity contribution is 6.31. The normalized spacial score (nSPS) is 12.7. The molecule has 0 aliphatic rings. The lowest BCUT2D eigenvalue weighted by atomic mass is 9.90. The minimum atomic E-state index is -0.212. The van der Waals surface area contributed by atoms with E-state index in [0.29, 0.717) is 5.71 Å². The molecule has 0 bridgehead atoms. The molecule has 1 aromatic rings. The summed E-state index contributed by atoms with van der Waals surface area (Å²) in [6.07, 6.45) is 0.853. The molecular formula is C14H19NO. The molecule has 0 N–H and O–H groups in total. The molecular weight excluding hydrogens is 198 g/mol. The summed E-state index contributed by atoms with van der Waals surface area (Å²) in [7, 11) is 0. The number of carbonyl (C=O) groups excluding carboxylic acids is 1. The van der Waals surface area contributed by atoms with Crippen LogP contribution in [0, 0.1) is 19.3 Å². The fourth-order valence-corrected chi connectivity index (χ4v) is 1.47. The van der Waals surface area contributed by atoms with E-state index in [0.717, 1.165) is 23.1 Å². The number of para-hydroxylation sites is 1. The van der Waals surface area contributed by atoms with Gasteiger partial charge in [-0.05, 0) is 25.0 Å². The van der Waals surface area contributed by atoms with Gasteiger partial charge in [-0.3, -0.25) is 4.79 Å². The molecule has 0 atom stereocenters. The Balaban J connectivity index is 3.30. The average molecular weight is 217 g/mol. The van der Waals surface area contributed by atoms with Crippen molar-refractivity contribution < 1.29 is 4.79 Å². The Morgan fingerprint density at radius 2 is 1.69 bits per heavy atom. The summed E-state index contributed by atoms with van der Waals surface area (Å²) in [6.45, 7) is 10.0. The van der Waals surface area contributed by atoms with Crippen molar-refractivity contribution in [3.63, 3.8) is 0 Å². The number of aldehydes is 1. The largest absolute Gasteiger partial charge is 0.297 e. The first kappa shape index (κ1) is 12.6. The zero-order chi connectivity index (χ0) is 12.3. The highest BCUT2D eigenvalue weighted by atomic mass is 16.1. The van der Waals surface area contributed by atoms with Crippen LogP contribution in [0.4, 0.5) is 5.69 Å². The molecule has 0 unspecified atom stereocenters. The maximum Gasteiger partial charge on any atom is 0.164 e. The molecule has 0 amide bonds. The average Bonchev–Trinajstić information content (AvgIpc) is 2.15. The van der Waals surface area contributed by atoms with Gasteiger partial charge in [0.05, 0.1) is 11.4 Å². The van der Waals surface area contributed by atoms with Crippen molar-refractivity contribution in [2.45, 2.75) is 34.6 Å². The Hall–Kier alpha value is -1.44. The highest BCUT2D eigenvalue weighted by Crippen LogP contribution is 2.26. The highest BCUT2D eigenvalue weighted by Gasteiger charge is 2.18. The van der Waals surface area contributed by atoms with Gasteiger partial charge in [0.1, 0.15) is 0 Å². The van der Waals surface area contributed by atoms with Crippen molar-refractivity contribution in [2.75, 3.05) is 0 Å². The van der Waals surface area contributed by atoms with Gasteiger partial charge in [0.25, 0.3) is 0 Å². The minimum Gasteiger partial charge on any atom is -0.297 e. The van der Waals surface area contributed by atoms with E-state index in [4.69, 9.17) is 0 Å². The predicted octanol–water partition coefficient (Wildman–Crippen LogP) is 3.62. The minimum absolute atomic E-state index is 0.212. The second-order valence-electron chi connectivity index (χ2n) is 5.11. The summed E-state index contributed by atoms with van der Waals surface area (Å²) in [5.41, 5.74) is 3.49. The molecule has 0 radical (unpaired) electrons. The maximum atomic E-state index is 11.0. The second-order valence-corrected chi connectivity index (χ2v) is 5.11. The number of hydrogen-bond donors (Lipinski definition) is 0. The van der Waals surface area contributed by atoms with Crippen molar-refractivity contribution in [2.24, 2.45) is 10.4 Å². The van der Waals surface area contributed by atoms with Gasteiger partial charge >= 0.3 is 0 Å². The summed E-state index contributed by atoms with van der Waals surface area (Å²) in [5.74, 6) is 0. The van der Waals surface area contributed by atoms with Crippen LogP contribution in [0.3, 0.4) is 0 Å². The number of carbonyl (C=O) groups is 1. The smallest absolute Gasteiger partial charge is 0.164 e. The Labute approximate surface area is 97.4 Å². The predicted molar refractivity (Wildman–Crippen MR) is 68.5 cm³/mol. The number of nitrogens with zero attached hydrogens (tertiary/aromatic N) is 1. The summed E-state index contributed by atoms with van der Waals surface area (Å²) < 4.78 is 0. The summed E-state index contributed by atoms with van der Waals surface area (Å²) in [6, 6.07) is 6.02. The van der Waals surface area contributed by atoms with E-state index >= 15 is 0 Å². The number of benzene rings is 1. The van der Waals surface area contributed by atoms with Crippen molar-refractivity contribution in [3.05, 3.63) is 29.3 Å². The second kappa shape index (κ2) is 4.60. The van der Waals surface area contributed by atoms with Crippen LogP contribution in [-0.4, -0.2) is 12.0 Å². The Kier molecular flexibility index (Phi) is 3.63. The maximum absolute atomic E-state index is 11.0. The van der Waals surface area contributed by atoms with Crippen molar-refractivity contribution in [1.82, 2.24) is 0 Å². The Morgan fingerprint density at radius 1 is 1.19 bits per heavy atom. The first-order valence-corrected chi connectivity index (χ1v) is 5.47. The molecule has 0 aliphatic heterocycles. The van der Waals surface area contributed by atoms with Crippen molar-refractivity contribution in [3.8, 4) is 0 Å². The van der Waals surface area contributed by atoms with Crippen molar-refractivity contribution in [1.29, 1.82) is 0 Å². The topological polar surface area (TPSA) is 29.4 Å². The number of aryl methyl sites for hydroxylation is 2. The fraction of sp³-hybridized carbons (Fsp3) is 0.429. The van der Waals surface area contributed by atoms with E-state index in [-0.39, 0.29) is 5.41 Å². The van der Waals surface area contributed by atoms with Crippen molar-refractivity contribution >= 4 is 17.7 Å². The van der Waals surface area contributed by atoms with Crippen LogP contribution in [0.25, 0.3) is 0 Å². The molecule has 0 aliphatic carbocycles. The lowest BCUT2D eigenvalue weighted by Crippen LogP contribution is -2.21. The van der Waals surface area contributed by atoms with Crippen LogP contribution in [0.15, 0.2) is 23.2 Å². The van der Waals surface area contributed by atoms with Gasteiger partial charge in [-0.25, -0.2) is 4.99 Å². The summed E-state index contributed by atoms with van der Waals surface area (Å²) >= 11 is 0. The third-order valence-electron chi connectivity index (χ3n) is 2.55. The van der Waals surface area contributed by atoms with Gasteiger partial charge in [-0.2, -0.15) is 0 Å². The van der Waals surface area contributed by atoms with Gasteiger partial charge in [0.15, 0.2) is 6.29 Å². The molecule has 1 aromatic carbocycles. The first-order valence-electron chi connectivity index (χ1n) is 5.47. The van der Waals surface area contributed by atoms with Crippen LogP contribution in [0.5, 0.6) is 0 Å². The molecule has 0 aromatic heterocycles. The van der Waals surface area contributed by atoms with Gasteiger partial charge < -0.3 is 0 Å². The standard InChI is InChI=1S/C14H19NO/c1-10-7-6-8-11(2)13(10)15-12(9-16)14(3,4)5/h6-9H,1-5H3. The van der Waals surface area contributed by atoms with E-state index in [1.54, 1.807) is 0 Å². The third kappa shape index (κ3) is 2.78. The van der Waals surface area contributed by atoms with Gasteiger partial charge in [0, 0.05) is 5.41 Å². The lowest BCUT2D eigenvalue weighted by molar-refractivity contribution is -0.103. The zero-order valence-electron chi connectivity index (χ0n) is 10.7. The molecule has 1 rings (SSSR count). The molecule has 0 heterocycles. The van der Waals surface area contributed by atoms with E-state index < -0.39 is 0 Å². The van der Waals surface area contributed by atoms with Crippen LogP contribution in [-0.2, 0) is 4.79 Å². The molecule has 16 heavy (non-hydrogen) atoms. The third-order valence-corrected chi connectivity index (χ3v) is 2.55. The molecule has 0 spiro atoms. The molecule has 2 heteroatoms. The van der Waals surface area contributed by atoms with Crippen LogP contribution < -0.4 is 0 Å².